The zero-order valence-electron chi connectivity index (χ0n) is 14.9. The number of nitrogens with one attached hydrogen (secondary N) is 1. The zero-order valence-corrected chi connectivity index (χ0v) is 14.9. The van der Waals surface area contributed by atoms with E-state index in [1.165, 1.54) is 6.07 Å². The summed E-state index contributed by atoms with van der Waals surface area (Å²) in [7, 11) is 0. The summed E-state index contributed by atoms with van der Waals surface area (Å²) in [4.78, 5) is 43.1. The third-order valence-electron chi connectivity index (χ3n) is 4.03. The molecule has 1 aromatic rings. The smallest absolute Gasteiger partial charge is 0.414 e. The number of anilines is 1. The summed E-state index contributed by atoms with van der Waals surface area (Å²) < 4.78 is 25.8. The highest BCUT2D eigenvalue weighted by molar-refractivity contribution is 6.27. The van der Waals surface area contributed by atoms with Crippen LogP contribution in [0.15, 0.2) is 18.2 Å². The standard InChI is InChI=1S/C15H19F2N3O2.C2H2O4/c16-12-2-1-11(9-13(12)17)19-14(21)5-8-20-6-3-10(4-7-20)15(18)22;3-1(4)2(5)6/h1-2,9-10H,3-8H2,(H2,18,22)(H,19,21);(H,3,4)(H,5,6). The third kappa shape index (κ3) is 8.08. The van der Waals surface area contributed by atoms with Crippen molar-refractivity contribution in [2.45, 2.75) is 19.3 Å². The van der Waals surface area contributed by atoms with Crippen molar-refractivity contribution in [2.75, 3.05) is 25.0 Å². The number of carboxylic acid groups (broad SMARTS) is 2. The molecule has 154 valence electrons. The highest BCUT2D eigenvalue weighted by Gasteiger charge is 2.23. The van der Waals surface area contributed by atoms with E-state index in [-0.39, 0.29) is 29.8 Å². The Labute approximate surface area is 159 Å². The number of amides is 2. The number of rotatable bonds is 5. The molecule has 0 radical (unpaired) electrons. The molecule has 0 atom stereocenters. The number of nitrogens with two attached hydrogens (primary N) is 1. The number of hydrogen-bond donors (Lipinski definition) is 4. The summed E-state index contributed by atoms with van der Waals surface area (Å²) in [6, 6.07) is 3.24. The molecule has 2 amide bonds. The number of halogens is 2. The number of primary amides is 1. The number of hydrogen-bond acceptors (Lipinski definition) is 5. The van der Waals surface area contributed by atoms with Crippen LogP contribution in [0.3, 0.4) is 0 Å². The number of carbonyl (C=O) groups is 4. The lowest BCUT2D eigenvalue weighted by Gasteiger charge is -2.30. The van der Waals surface area contributed by atoms with Gasteiger partial charge in [0.05, 0.1) is 0 Å². The van der Waals surface area contributed by atoms with Gasteiger partial charge >= 0.3 is 11.9 Å². The first-order chi connectivity index (χ1) is 13.1. The average Bonchev–Trinajstić information content (AvgIpc) is 2.64. The lowest BCUT2D eigenvalue weighted by Crippen LogP contribution is -2.39. The first-order valence-corrected chi connectivity index (χ1v) is 8.33. The van der Waals surface area contributed by atoms with E-state index >= 15 is 0 Å². The monoisotopic (exact) mass is 401 g/mol. The van der Waals surface area contributed by atoms with Gasteiger partial charge in [0.2, 0.25) is 11.8 Å². The summed E-state index contributed by atoms with van der Waals surface area (Å²) in [5.74, 6) is -6.20. The molecular formula is C17H21F2N3O6. The zero-order chi connectivity index (χ0) is 21.3. The second kappa shape index (κ2) is 10.9. The van der Waals surface area contributed by atoms with E-state index in [0.717, 1.165) is 25.2 Å². The number of carbonyl (C=O) groups excluding carboxylic acids is 2. The van der Waals surface area contributed by atoms with Crippen LogP contribution in [0.1, 0.15) is 19.3 Å². The van der Waals surface area contributed by atoms with Crippen molar-refractivity contribution in [1.29, 1.82) is 0 Å². The van der Waals surface area contributed by atoms with Gasteiger partial charge in [-0.2, -0.15) is 0 Å². The van der Waals surface area contributed by atoms with Crippen LogP contribution < -0.4 is 11.1 Å². The molecule has 1 saturated heterocycles. The maximum Gasteiger partial charge on any atom is 0.414 e. The minimum absolute atomic E-state index is 0.0766. The molecule has 9 nitrogen and oxygen atoms in total. The van der Waals surface area contributed by atoms with Crippen molar-refractivity contribution in [1.82, 2.24) is 4.90 Å². The average molecular weight is 401 g/mol. The van der Waals surface area contributed by atoms with Crippen molar-refractivity contribution >= 4 is 29.4 Å². The fraction of sp³-hybridized carbons (Fsp3) is 0.412. The molecule has 0 saturated carbocycles. The van der Waals surface area contributed by atoms with E-state index < -0.39 is 23.6 Å². The molecule has 5 N–H and O–H groups in total. The van der Waals surface area contributed by atoms with Crippen LogP contribution in [0.25, 0.3) is 0 Å². The summed E-state index contributed by atoms with van der Waals surface area (Å²) >= 11 is 0. The quantitative estimate of drug-likeness (QED) is 0.529. The van der Waals surface area contributed by atoms with Crippen LogP contribution in [-0.4, -0.2) is 58.5 Å². The minimum Gasteiger partial charge on any atom is -0.473 e. The van der Waals surface area contributed by atoms with E-state index in [0.29, 0.717) is 19.4 Å². The van der Waals surface area contributed by atoms with Gasteiger partial charge in [0.15, 0.2) is 11.6 Å². The predicted octanol–water partition coefficient (Wildman–Crippen LogP) is 0.646. The maximum atomic E-state index is 13.0. The van der Waals surface area contributed by atoms with E-state index in [1.807, 2.05) is 0 Å². The van der Waals surface area contributed by atoms with Crippen molar-refractivity contribution in [3.05, 3.63) is 29.8 Å². The Balaban J connectivity index is 0.000000568. The summed E-state index contributed by atoms with van der Waals surface area (Å²) in [5.41, 5.74) is 5.50. The second-order valence-electron chi connectivity index (χ2n) is 6.06. The largest absolute Gasteiger partial charge is 0.473 e. The van der Waals surface area contributed by atoms with E-state index in [1.54, 1.807) is 0 Å². The maximum absolute atomic E-state index is 13.0. The van der Waals surface area contributed by atoms with Gasteiger partial charge in [-0.05, 0) is 38.1 Å². The Morgan fingerprint density at radius 2 is 1.64 bits per heavy atom. The van der Waals surface area contributed by atoms with Crippen LogP contribution >= 0.6 is 0 Å². The molecule has 28 heavy (non-hydrogen) atoms. The van der Waals surface area contributed by atoms with Crippen LogP contribution in [0.4, 0.5) is 14.5 Å². The SMILES string of the molecule is NC(=O)C1CCN(CCC(=O)Nc2ccc(F)c(F)c2)CC1.O=C(O)C(=O)O. The molecule has 1 heterocycles. The van der Waals surface area contributed by atoms with Crippen molar-refractivity contribution < 1.29 is 38.2 Å². The van der Waals surface area contributed by atoms with E-state index in [9.17, 15) is 18.4 Å². The topological polar surface area (TPSA) is 150 Å². The van der Waals surface area contributed by atoms with Gasteiger partial charge in [-0.3, -0.25) is 9.59 Å². The minimum atomic E-state index is -1.82. The molecule has 11 heteroatoms. The normalized spacial score (nSPS) is 14.5. The van der Waals surface area contributed by atoms with Crippen molar-refractivity contribution in [3.63, 3.8) is 0 Å². The van der Waals surface area contributed by atoms with Crippen LogP contribution in [0.5, 0.6) is 0 Å². The van der Waals surface area contributed by atoms with Gasteiger partial charge < -0.3 is 26.2 Å². The molecular weight excluding hydrogens is 380 g/mol. The molecule has 0 spiro atoms. The summed E-state index contributed by atoms with van der Waals surface area (Å²) in [6.45, 7) is 2.01. The Bertz CT molecular complexity index is 724. The molecule has 1 aromatic carbocycles. The van der Waals surface area contributed by atoms with Gasteiger partial charge in [-0.1, -0.05) is 0 Å². The molecule has 0 aliphatic carbocycles. The second-order valence-corrected chi connectivity index (χ2v) is 6.06. The van der Waals surface area contributed by atoms with Crippen LogP contribution in [0, 0.1) is 17.6 Å². The highest BCUT2D eigenvalue weighted by atomic mass is 19.2. The number of benzene rings is 1. The molecule has 1 fully saturated rings. The number of aliphatic carboxylic acids is 2. The van der Waals surface area contributed by atoms with Crippen molar-refractivity contribution in [3.8, 4) is 0 Å². The molecule has 1 aliphatic rings. The van der Waals surface area contributed by atoms with Gasteiger partial charge in [0.25, 0.3) is 0 Å². The van der Waals surface area contributed by atoms with Crippen LogP contribution in [-0.2, 0) is 19.2 Å². The summed E-state index contributed by atoms with van der Waals surface area (Å²) in [5, 5.41) is 17.3. The highest BCUT2D eigenvalue weighted by Crippen LogP contribution is 2.17. The molecule has 0 unspecified atom stereocenters. The van der Waals surface area contributed by atoms with E-state index in [2.05, 4.69) is 10.2 Å². The molecule has 2 rings (SSSR count). The first kappa shape index (κ1) is 23.0. The lowest BCUT2D eigenvalue weighted by atomic mass is 9.96. The Hall–Kier alpha value is -3.08. The third-order valence-corrected chi connectivity index (χ3v) is 4.03. The first-order valence-electron chi connectivity index (χ1n) is 8.33. The summed E-state index contributed by atoms with van der Waals surface area (Å²) in [6.07, 6.45) is 1.67. The number of piperidine rings is 1. The fourth-order valence-electron chi connectivity index (χ4n) is 2.50. The van der Waals surface area contributed by atoms with Gasteiger partial charge in [-0.15, -0.1) is 0 Å². The van der Waals surface area contributed by atoms with Gasteiger partial charge in [-0.25, -0.2) is 18.4 Å². The predicted molar refractivity (Wildman–Crippen MR) is 93.2 cm³/mol. The number of carboxylic acids is 2. The van der Waals surface area contributed by atoms with Crippen LogP contribution in [0.2, 0.25) is 0 Å². The molecule has 1 aliphatic heterocycles. The van der Waals surface area contributed by atoms with Gasteiger partial charge in [0, 0.05) is 30.6 Å². The fourth-order valence-corrected chi connectivity index (χ4v) is 2.50. The number of likely N-dealkylation sites (tertiary alicyclic amines) is 1. The Morgan fingerprint density at radius 3 is 2.11 bits per heavy atom. The molecule has 0 bridgehead atoms. The van der Waals surface area contributed by atoms with E-state index in [4.69, 9.17) is 25.5 Å². The van der Waals surface area contributed by atoms with Crippen molar-refractivity contribution in [2.24, 2.45) is 11.7 Å². The Morgan fingerprint density at radius 1 is 1.07 bits per heavy atom. The lowest BCUT2D eigenvalue weighted by molar-refractivity contribution is -0.159. The Kier molecular flexibility index (Phi) is 8.96. The number of nitrogens with zero attached hydrogens (tertiary/aromatic N) is 1. The van der Waals surface area contributed by atoms with Gasteiger partial charge in [0.1, 0.15) is 0 Å². The molecule has 0 aromatic heterocycles.